The third-order valence-corrected chi connectivity index (χ3v) is 5.73. The van der Waals surface area contributed by atoms with Gasteiger partial charge in [0.1, 0.15) is 12.0 Å². The number of hydrogen-bond donors (Lipinski definition) is 0. The molecule has 140 valence electrons. The van der Waals surface area contributed by atoms with Crippen LogP contribution >= 0.6 is 0 Å². The van der Waals surface area contributed by atoms with Crippen molar-refractivity contribution >= 4 is 11.7 Å². The SMILES string of the molecule is O=C(CC1CCCC1)N1CCC(c2cc(C(F)F)n3ncnc3n2)CC1. The van der Waals surface area contributed by atoms with E-state index in [4.69, 9.17) is 0 Å². The van der Waals surface area contributed by atoms with E-state index in [1.54, 1.807) is 0 Å². The van der Waals surface area contributed by atoms with E-state index in [0.29, 0.717) is 31.1 Å². The van der Waals surface area contributed by atoms with Crippen molar-refractivity contribution in [1.82, 2.24) is 24.5 Å². The number of nitrogens with zero attached hydrogens (tertiary/aromatic N) is 5. The van der Waals surface area contributed by atoms with Crippen LogP contribution in [0.3, 0.4) is 0 Å². The Labute approximate surface area is 150 Å². The first-order valence-electron chi connectivity index (χ1n) is 9.38. The highest BCUT2D eigenvalue weighted by atomic mass is 19.3. The number of rotatable bonds is 4. The molecule has 1 saturated heterocycles. The molecule has 1 aliphatic carbocycles. The molecule has 4 rings (SSSR count). The van der Waals surface area contributed by atoms with E-state index < -0.39 is 6.43 Å². The number of piperidine rings is 1. The molecule has 2 aliphatic rings. The maximum absolute atomic E-state index is 13.3. The summed E-state index contributed by atoms with van der Waals surface area (Å²) in [5.74, 6) is 1.07. The molecule has 1 amide bonds. The van der Waals surface area contributed by atoms with Crippen molar-refractivity contribution in [3.05, 3.63) is 23.8 Å². The molecule has 8 heteroatoms. The Bertz CT molecular complexity index is 779. The predicted octanol–water partition coefficient (Wildman–Crippen LogP) is 3.35. The molecular weight excluding hydrogens is 340 g/mol. The van der Waals surface area contributed by atoms with E-state index in [0.717, 1.165) is 17.4 Å². The molecule has 1 aliphatic heterocycles. The lowest BCUT2D eigenvalue weighted by Gasteiger charge is -2.32. The molecule has 2 aromatic heterocycles. The Morgan fingerprint density at radius 3 is 2.62 bits per heavy atom. The average Bonchev–Trinajstić information content (AvgIpc) is 3.32. The number of aromatic nitrogens is 4. The van der Waals surface area contributed by atoms with Crippen molar-refractivity contribution in [2.24, 2.45) is 5.92 Å². The number of amides is 1. The summed E-state index contributed by atoms with van der Waals surface area (Å²) in [6.45, 7) is 1.33. The predicted molar refractivity (Wildman–Crippen MR) is 90.9 cm³/mol. The van der Waals surface area contributed by atoms with Crippen LogP contribution in [0.2, 0.25) is 0 Å². The molecular formula is C18H23F2N5O. The lowest BCUT2D eigenvalue weighted by atomic mass is 9.92. The second-order valence-corrected chi connectivity index (χ2v) is 7.39. The first-order valence-corrected chi connectivity index (χ1v) is 9.38. The van der Waals surface area contributed by atoms with Crippen molar-refractivity contribution < 1.29 is 13.6 Å². The van der Waals surface area contributed by atoms with Gasteiger partial charge in [-0.05, 0) is 37.7 Å². The van der Waals surface area contributed by atoms with Crippen LogP contribution in [0.25, 0.3) is 5.78 Å². The maximum atomic E-state index is 13.3. The van der Waals surface area contributed by atoms with E-state index in [2.05, 4.69) is 15.1 Å². The number of carbonyl (C=O) groups excluding carboxylic acids is 1. The standard InChI is InChI=1S/C18H23F2N5O/c19-17(20)15-10-14(23-18-21-11-22-25(15)18)13-5-7-24(8-6-13)16(26)9-12-3-1-2-4-12/h10-13,17H,1-9H2. The van der Waals surface area contributed by atoms with Gasteiger partial charge in [0.25, 0.3) is 12.2 Å². The molecule has 0 aromatic carbocycles. The highest BCUT2D eigenvalue weighted by Gasteiger charge is 2.28. The van der Waals surface area contributed by atoms with Crippen LogP contribution in [0.1, 0.15) is 68.7 Å². The summed E-state index contributed by atoms with van der Waals surface area (Å²) in [5, 5.41) is 3.82. The molecule has 0 unspecified atom stereocenters. The Morgan fingerprint density at radius 2 is 1.92 bits per heavy atom. The average molecular weight is 363 g/mol. The number of halogens is 2. The van der Waals surface area contributed by atoms with Gasteiger partial charge < -0.3 is 4.90 Å². The largest absolute Gasteiger partial charge is 0.343 e. The maximum Gasteiger partial charge on any atom is 0.280 e. The van der Waals surface area contributed by atoms with Crippen LogP contribution in [-0.4, -0.2) is 43.5 Å². The fraction of sp³-hybridized carbons (Fsp3) is 0.667. The summed E-state index contributed by atoms with van der Waals surface area (Å²) in [5.41, 5.74) is 0.450. The van der Waals surface area contributed by atoms with E-state index in [-0.39, 0.29) is 23.3 Å². The molecule has 1 saturated carbocycles. The minimum absolute atomic E-state index is 0.0738. The van der Waals surface area contributed by atoms with Gasteiger partial charge in [-0.3, -0.25) is 4.79 Å². The number of fused-ring (bicyclic) bond motifs is 1. The van der Waals surface area contributed by atoms with Crippen LogP contribution in [0.15, 0.2) is 12.4 Å². The number of likely N-dealkylation sites (tertiary alicyclic amines) is 1. The van der Waals surface area contributed by atoms with Crippen LogP contribution in [0.4, 0.5) is 8.78 Å². The van der Waals surface area contributed by atoms with E-state index >= 15 is 0 Å². The number of hydrogen-bond acceptors (Lipinski definition) is 4. The molecule has 6 nitrogen and oxygen atoms in total. The highest BCUT2D eigenvalue weighted by Crippen LogP contribution is 2.32. The quantitative estimate of drug-likeness (QED) is 0.836. The third kappa shape index (κ3) is 3.41. The van der Waals surface area contributed by atoms with Gasteiger partial charge in [-0.2, -0.15) is 14.6 Å². The Morgan fingerprint density at radius 1 is 1.19 bits per heavy atom. The van der Waals surface area contributed by atoms with Crippen molar-refractivity contribution in [2.75, 3.05) is 13.1 Å². The minimum atomic E-state index is -2.63. The molecule has 3 heterocycles. The van der Waals surface area contributed by atoms with Gasteiger partial charge in [-0.25, -0.2) is 13.8 Å². The zero-order valence-corrected chi connectivity index (χ0v) is 14.7. The monoisotopic (exact) mass is 363 g/mol. The molecule has 0 atom stereocenters. The second kappa shape index (κ2) is 7.25. The van der Waals surface area contributed by atoms with Gasteiger partial charge in [0, 0.05) is 31.1 Å². The van der Waals surface area contributed by atoms with Gasteiger partial charge in [-0.15, -0.1) is 0 Å². The zero-order valence-electron chi connectivity index (χ0n) is 14.7. The highest BCUT2D eigenvalue weighted by molar-refractivity contribution is 5.76. The zero-order chi connectivity index (χ0) is 18.1. The molecule has 0 radical (unpaired) electrons. The van der Waals surface area contributed by atoms with Crippen molar-refractivity contribution in [2.45, 2.75) is 57.3 Å². The van der Waals surface area contributed by atoms with Crippen LogP contribution in [-0.2, 0) is 4.79 Å². The van der Waals surface area contributed by atoms with Gasteiger partial charge in [-0.1, -0.05) is 12.8 Å². The molecule has 0 N–H and O–H groups in total. The summed E-state index contributed by atoms with van der Waals surface area (Å²) in [6.07, 6.45) is 5.57. The van der Waals surface area contributed by atoms with Crippen LogP contribution in [0, 0.1) is 5.92 Å². The molecule has 2 aromatic rings. The van der Waals surface area contributed by atoms with Crippen LogP contribution < -0.4 is 0 Å². The van der Waals surface area contributed by atoms with Crippen molar-refractivity contribution in [3.8, 4) is 0 Å². The van der Waals surface area contributed by atoms with E-state index in [9.17, 15) is 13.6 Å². The van der Waals surface area contributed by atoms with Crippen molar-refractivity contribution in [3.63, 3.8) is 0 Å². The summed E-state index contributed by atoms with van der Waals surface area (Å²) < 4.78 is 27.7. The molecule has 0 bridgehead atoms. The normalized spacial score (nSPS) is 19.7. The van der Waals surface area contributed by atoms with Crippen LogP contribution in [0.5, 0.6) is 0 Å². The minimum Gasteiger partial charge on any atom is -0.343 e. The topological polar surface area (TPSA) is 63.4 Å². The molecule has 2 fully saturated rings. The van der Waals surface area contributed by atoms with Gasteiger partial charge >= 0.3 is 0 Å². The van der Waals surface area contributed by atoms with Gasteiger partial charge in [0.2, 0.25) is 5.91 Å². The Balaban J connectivity index is 1.43. The second-order valence-electron chi connectivity index (χ2n) is 7.39. The van der Waals surface area contributed by atoms with Crippen molar-refractivity contribution in [1.29, 1.82) is 0 Å². The number of alkyl halides is 2. The van der Waals surface area contributed by atoms with Gasteiger partial charge in [0.05, 0.1) is 0 Å². The Kier molecular flexibility index (Phi) is 4.82. The third-order valence-electron chi connectivity index (χ3n) is 5.73. The lowest BCUT2D eigenvalue weighted by molar-refractivity contribution is -0.133. The fourth-order valence-electron chi connectivity index (χ4n) is 4.23. The first kappa shape index (κ1) is 17.3. The lowest BCUT2D eigenvalue weighted by Crippen LogP contribution is -2.38. The summed E-state index contributed by atoms with van der Waals surface area (Å²) >= 11 is 0. The summed E-state index contributed by atoms with van der Waals surface area (Å²) in [6, 6.07) is 1.44. The summed E-state index contributed by atoms with van der Waals surface area (Å²) in [7, 11) is 0. The Hall–Kier alpha value is -2.12. The van der Waals surface area contributed by atoms with E-state index in [1.165, 1.54) is 38.1 Å². The van der Waals surface area contributed by atoms with E-state index in [1.807, 2.05) is 4.90 Å². The van der Waals surface area contributed by atoms with Gasteiger partial charge in [0.15, 0.2) is 0 Å². The fourth-order valence-corrected chi connectivity index (χ4v) is 4.23. The first-order chi connectivity index (χ1) is 12.6. The molecule has 26 heavy (non-hydrogen) atoms. The summed E-state index contributed by atoms with van der Waals surface area (Å²) in [4.78, 5) is 22.8. The smallest absolute Gasteiger partial charge is 0.280 e. The number of carbonyl (C=O) groups is 1. The molecule has 0 spiro atoms.